The topological polar surface area (TPSA) is 84.1 Å². The van der Waals surface area contributed by atoms with Gasteiger partial charge in [-0.3, -0.25) is 4.79 Å². The summed E-state index contributed by atoms with van der Waals surface area (Å²) in [5, 5.41) is 5.29. The van der Waals surface area contributed by atoms with E-state index in [9.17, 15) is 4.79 Å². The quantitative estimate of drug-likeness (QED) is 0.880. The fourth-order valence-corrected chi connectivity index (χ4v) is 2.84. The number of carbonyl (C=O) groups excluding carboxylic acids is 1. The third kappa shape index (κ3) is 2.44. The van der Waals surface area contributed by atoms with Gasteiger partial charge in [-0.05, 0) is 11.5 Å². The zero-order valence-electron chi connectivity index (χ0n) is 10.0. The van der Waals surface area contributed by atoms with E-state index in [1.807, 2.05) is 17.3 Å². The normalized spacial score (nSPS) is 10.3. The van der Waals surface area contributed by atoms with Gasteiger partial charge in [-0.25, -0.2) is 4.98 Å². The van der Waals surface area contributed by atoms with E-state index in [0.29, 0.717) is 12.1 Å². The second-order valence-electron chi connectivity index (χ2n) is 3.66. The van der Waals surface area contributed by atoms with E-state index in [-0.39, 0.29) is 11.7 Å². The first kappa shape index (κ1) is 12.8. The van der Waals surface area contributed by atoms with E-state index in [0.717, 1.165) is 10.7 Å². The van der Waals surface area contributed by atoms with Crippen LogP contribution in [0.15, 0.2) is 10.9 Å². The Morgan fingerprint density at radius 2 is 2.39 bits per heavy atom. The Morgan fingerprint density at radius 1 is 1.61 bits per heavy atom. The van der Waals surface area contributed by atoms with Crippen LogP contribution < -0.4 is 16.0 Å². The lowest BCUT2D eigenvalue weighted by Crippen LogP contribution is -2.23. The molecule has 0 spiro atoms. The summed E-state index contributed by atoms with van der Waals surface area (Å²) in [6, 6.07) is 0. The van der Waals surface area contributed by atoms with Crippen molar-refractivity contribution in [1.29, 1.82) is 0 Å². The number of nitrogens with one attached hydrogen (secondary N) is 1. The molecular formula is C10H13N5OS2. The second-order valence-corrected chi connectivity index (χ2v) is 5.13. The highest BCUT2D eigenvalue weighted by atomic mass is 32.1. The molecule has 2 aromatic rings. The molecule has 6 nitrogen and oxygen atoms in total. The lowest BCUT2D eigenvalue weighted by atomic mass is 10.2. The van der Waals surface area contributed by atoms with Crippen molar-refractivity contribution >= 4 is 39.6 Å². The number of anilines is 2. The lowest BCUT2D eigenvalue weighted by molar-refractivity contribution is 0.0964. The molecule has 96 valence electrons. The molecule has 0 aromatic carbocycles. The van der Waals surface area contributed by atoms with Crippen LogP contribution in [0, 0.1) is 0 Å². The van der Waals surface area contributed by atoms with Crippen molar-refractivity contribution in [2.45, 2.75) is 6.54 Å². The molecule has 18 heavy (non-hydrogen) atoms. The molecule has 0 aliphatic heterocycles. The zero-order chi connectivity index (χ0) is 13.1. The van der Waals surface area contributed by atoms with Crippen LogP contribution in [0.3, 0.4) is 0 Å². The maximum absolute atomic E-state index is 11.8. The number of hydrogen-bond acceptors (Lipinski definition) is 7. The van der Waals surface area contributed by atoms with Gasteiger partial charge in [0.05, 0.1) is 17.7 Å². The van der Waals surface area contributed by atoms with E-state index in [2.05, 4.69) is 14.7 Å². The van der Waals surface area contributed by atoms with Gasteiger partial charge in [-0.1, -0.05) is 0 Å². The first-order valence-corrected chi connectivity index (χ1v) is 6.90. The summed E-state index contributed by atoms with van der Waals surface area (Å²) in [4.78, 5) is 17.9. The largest absolute Gasteiger partial charge is 0.382 e. The minimum absolute atomic E-state index is 0.221. The minimum Gasteiger partial charge on any atom is -0.382 e. The van der Waals surface area contributed by atoms with Crippen LogP contribution in [0.2, 0.25) is 0 Å². The van der Waals surface area contributed by atoms with Crippen LogP contribution in [0.4, 0.5) is 10.8 Å². The second kappa shape index (κ2) is 5.32. The molecule has 2 aromatic heterocycles. The highest BCUT2D eigenvalue weighted by Gasteiger charge is 2.21. The summed E-state index contributed by atoms with van der Waals surface area (Å²) in [7, 11) is 3.46. The van der Waals surface area contributed by atoms with E-state index >= 15 is 0 Å². The number of carbonyl (C=O) groups is 1. The summed E-state index contributed by atoms with van der Waals surface area (Å²) >= 11 is 2.76. The van der Waals surface area contributed by atoms with Crippen LogP contribution >= 0.6 is 22.9 Å². The molecule has 0 saturated carbocycles. The molecule has 0 bridgehead atoms. The Kier molecular flexibility index (Phi) is 3.78. The maximum Gasteiger partial charge on any atom is 0.257 e. The molecule has 2 heterocycles. The average molecular weight is 283 g/mol. The van der Waals surface area contributed by atoms with Gasteiger partial charge in [0.2, 0.25) is 0 Å². The number of hydrogen-bond donors (Lipinski definition) is 2. The SMILES string of the molecule is CNC(=O)c1c(N)nsc1N(C)Cc1cscn1. The summed E-state index contributed by atoms with van der Waals surface area (Å²) in [5.74, 6) is 0.0425. The van der Waals surface area contributed by atoms with E-state index in [4.69, 9.17) is 5.73 Å². The molecule has 0 aliphatic rings. The Hall–Kier alpha value is -1.67. The third-order valence-electron chi connectivity index (χ3n) is 2.38. The van der Waals surface area contributed by atoms with Crippen LogP contribution in [-0.2, 0) is 6.54 Å². The molecule has 0 atom stereocenters. The Labute approximate surface area is 113 Å². The fourth-order valence-electron chi connectivity index (χ4n) is 1.52. The first-order chi connectivity index (χ1) is 8.63. The molecule has 8 heteroatoms. The van der Waals surface area contributed by atoms with Crippen molar-refractivity contribution in [1.82, 2.24) is 14.7 Å². The number of thiazole rings is 1. The summed E-state index contributed by atoms with van der Waals surface area (Å²) in [5.41, 5.74) is 8.90. The molecule has 3 N–H and O–H groups in total. The molecule has 2 rings (SSSR count). The molecular weight excluding hydrogens is 270 g/mol. The van der Waals surface area contributed by atoms with Crippen molar-refractivity contribution in [2.75, 3.05) is 24.7 Å². The molecule has 0 aliphatic carbocycles. The number of aromatic nitrogens is 2. The Bertz CT molecular complexity index is 536. The summed E-state index contributed by atoms with van der Waals surface area (Å²) in [6.07, 6.45) is 0. The van der Waals surface area contributed by atoms with Gasteiger partial charge in [0.25, 0.3) is 5.91 Å². The molecule has 0 radical (unpaired) electrons. The number of amides is 1. The highest BCUT2D eigenvalue weighted by molar-refractivity contribution is 7.11. The fraction of sp³-hybridized carbons (Fsp3) is 0.300. The number of rotatable bonds is 4. The molecule has 1 amide bonds. The Morgan fingerprint density at radius 3 is 3.00 bits per heavy atom. The van der Waals surface area contributed by atoms with Gasteiger partial charge in [-0.15, -0.1) is 11.3 Å². The van der Waals surface area contributed by atoms with Crippen LogP contribution in [0.1, 0.15) is 16.1 Å². The number of nitrogens with two attached hydrogens (primary N) is 1. The van der Waals surface area contributed by atoms with Gasteiger partial charge < -0.3 is 16.0 Å². The van der Waals surface area contributed by atoms with Crippen LogP contribution in [0.5, 0.6) is 0 Å². The van der Waals surface area contributed by atoms with Crippen molar-refractivity contribution in [2.24, 2.45) is 0 Å². The summed E-state index contributed by atoms with van der Waals surface area (Å²) < 4.78 is 4.04. The maximum atomic E-state index is 11.8. The predicted molar refractivity (Wildman–Crippen MR) is 74.1 cm³/mol. The van der Waals surface area contributed by atoms with Gasteiger partial charge in [0, 0.05) is 19.5 Å². The van der Waals surface area contributed by atoms with Gasteiger partial charge >= 0.3 is 0 Å². The third-order valence-corrected chi connectivity index (χ3v) is 4.00. The predicted octanol–water partition coefficient (Wildman–Crippen LogP) is 1.18. The number of nitrogens with zero attached hydrogens (tertiary/aromatic N) is 3. The number of nitrogen functional groups attached to an aromatic ring is 1. The monoisotopic (exact) mass is 283 g/mol. The molecule has 0 fully saturated rings. The van der Waals surface area contributed by atoms with Crippen LogP contribution in [-0.4, -0.2) is 29.4 Å². The molecule has 0 unspecified atom stereocenters. The zero-order valence-corrected chi connectivity index (χ0v) is 11.6. The van der Waals surface area contributed by atoms with Crippen molar-refractivity contribution < 1.29 is 4.79 Å². The van der Waals surface area contributed by atoms with Crippen molar-refractivity contribution in [3.8, 4) is 0 Å². The smallest absolute Gasteiger partial charge is 0.257 e. The average Bonchev–Trinajstić information content (AvgIpc) is 2.97. The van der Waals surface area contributed by atoms with Crippen molar-refractivity contribution in [3.05, 3.63) is 22.1 Å². The van der Waals surface area contributed by atoms with Gasteiger partial charge in [0.15, 0.2) is 5.82 Å². The van der Waals surface area contributed by atoms with E-state index in [1.54, 1.807) is 23.9 Å². The van der Waals surface area contributed by atoms with Crippen molar-refractivity contribution in [3.63, 3.8) is 0 Å². The van der Waals surface area contributed by atoms with Crippen LogP contribution in [0.25, 0.3) is 0 Å². The van der Waals surface area contributed by atoms with Gasteiger partial charge in [0.1, 0.15) is 10.6 Å². The summed E-state index contributed by atoms with van der Waals surface area (Å²) in [6.45, 7) is 0.620. The van der Waals surface area contributed by atoms with E-state index in [1.165, 1.54) is 11.5 Å². The molecule has 0 saturated heterocycles. The van der Waals surface area contributed by atoms with E-state index < -0.39 is 0 Å². The first-order valence-electron chi connectivity index (χ1n) is 5.19. The highest BCUT2D eigenvalue weighted by Crippen LogP contribution is 2.30. The lowest BCUT2D eigenvalue weighted by Gasteiger charge is -2.16. The Balaban J connectivity index is 2.25. The minimum atomic E-state index is -0.221. The van der Waals surface area contributed by atoms with Gasteiger partial charge in [-0.2, -0.15) is 4.37 Å². The standard InChI is InChI=1S/C10H13N5OS2/c1-12-9(16)7-8(11)14-18-10(7)15(2)3-6-4-17-5-13-6/h4-5H,3H2,1-2H3,(H2,11,14)(H,12,16).